The monoisotopic (exact) mass is 354 g/mol. The Bertz CT molecular complexity index is 891. The molecule has 0 fully saturated rings. The molecule has 2 amide bonds. The van der Waals surface area contributed by atoms with Gasteiger partial charge in [0.1, 0.15) is 5.65 Å². The maximum atomic E-state index is 12.0. The number of benzene rings is 1. The fourth-order valence-electron chi connectivity index (χ4n) is 2.74. The van der Waals surface area contributed by atoms with Gasteiger partial charge in [-0.05, 0) is 36.8 Å². The van der Waals surface area contributed by atoms with Crippen LogP contribution >= 0.6 is 0 Å². The number of aromatic nitrogens is 2. The maximum Gasteiger partial charge on any atom is 0.319 e. The van der Waals surface area contributed by atoms with Gasteiger partial charge in [0.25, 0.3) is 0 Å². The van der Waals surface area contributed by atoms with Gasteiger partial charge in [-0.3, -0.25) is 0 Å². The number of aryl methyl sites for hydroxylation is 1. The molecule has 3 aromatic rings. The van der Waals surface area contributed by atoms with Gasteiger partial charge in [-0.2, -0.15) is 0 Å². The average molecular weight is 354 g/mol. The molecule has 0 aliphatic rings. The number of carbonyl (C=O) groups excluding carboxylic acids is 1. The highest BCUT2D eigenvalue weighted by atomic mass is 16.5. The van der Waals surface area contributed by atoms with Crippen LogP contribution in [0.15, 0.2) is 48.8 Å². The van der Waals surface area contributed by atoms with E-state index in [0.717, 1.165) is 24.0 Å². The zero-order valence-electron chi connectivity index (χ0n) is 14.9. The molecule has 2 heterocycles. The van der Waals surface area contributed by atoms with Crippen LogP contribution in [0.2, 0.25) is 0 Å². The average Bonchev–Trinajstić information content (AvgIpc) is 3.08. The van der Waals surface area contributed by atoms with Crippen molar-refractivity contribution in [2.24, 2.45) is 0 Å². The van der Waals surface area contributed by atoms with E-state index in [1.807, 2.05) is 24.4 Å². The maximum absolute atomic E-state index is 12.0. The molecule has 2 N–H and O–H groups in total. The molecule has 0 spiro atoms. The minimum absolute atomic E-state index is 0.257. The van der Waals surface area contributed by atoms with E-state index in [2.05, 4.69) is 20.2 Å². The van der Waals surface area contributed by atoms with E-state index >= 15 is 0 Å². The molecule has 0 aliphatic heterocycles. The lowest BCUT2D eigenvalue weighted by molar-refractivity contribution is 0.252. The normalized spacial score (nSPS) is 10.5. The number of nitrogens with one attached hydrogen (secondary N) is 2. The molecule has 0 saturated carbocycles. The number of nitrogens with zero attached hydrogens (tertiary/aromatic N) is 2. The van der Waals surface area contributed by atoms with Crippen LogP contribution in [0.3, 0.4) is 0 Å². The first-order chi connectivity index (χ1) is 12.7. The SMILES string of the molecule is COc1ccc(NC(=O)NCCCn2ccc3cccnc32)cc1OC. The number of ether oxygens (including phenoxy) is 2. The summed E-state index contributed by atoms with van der Waals surface area (Å²) in [4.78, 5) is 16.4. The van der Waals surface area contributed by atoms with Gasteiger partial charge in [0, 0.05) is 42.6 Å². The molecule has 0 atom stereocenters. The molecule has 7 nitrogen and oxygen atoms in total. The first-order valence-corrected chi connectivity index (χ1v) is 8.38. The first kappa shape index (κ1) is 17.6. The van der Waals surface area contributed by atoms with Crippen LogP contribution in [0.5, 0.6) is 11.5 Å². The molecule has 0 bridgehead atoms. The molecule has 0 unspecified atom stereocenters. The van der Waals surface area contributed by atoms with Gasteiger partial charge in [0.15, 0.2) is 11.5 Å². The summed E-state index contributed by atoms with van der Waals surface area (Å²) in [7, 11) is 3.13. The summed E-state index contributed by atoms with van der Waals surface area (Å²) in [5.74, 6) is 1.18. The molecule has 26 heavy (non-hydrogen) atoms. The second-order valence-corrected chi connectivity index (χ2v) is 5.73. The summed E-state index contributed by atoms with van der Waals surface area (Å²) < 4.78 is 12.5. The number of anilines is 1. The summed E-state index contributed by atoms with van der Waals surface area (Å²) in [6.45, 7) is 1.35. The van der Waals surface area contributed by atoms with Gasteiger partial charge in [-0.25, -0.2) is 9.78 Å². The standard InChI is InChI=1S/C19H22N4O3/c1-25-16-7-6-15(13-17(16)26-2)22-19(24)21-10-4-11-23-12-8-14-5-3-9-20-18(14)23/h3,5-9,12-13H,4,10-11H2,1-2H3,(H2,21,22,24). The Labute approximate surface area is 151 Å². The Morgan fingerprint density at radius 2 is 2.00 bits per heavy atom. The highest BCUT2D eigenvalue weighted by Crippen LogP contribution is 2.29. The third kappa shape index (κ3) is 4.05. The van der Waals surface area contributed by atoms with Crippen molar-refractivity contribution < 1.29 is 14.3 Å². The summed E-state index contributed by atoms with van der Waals surface area (Å²) in [5.41, 5.74) is 1.60. The number of hydrogen-bond acceptors (Lipinski definition) is 4. The lowest BCUT2D eigenvalue weighted by Crippen LogP contribution is -2.30. The number of urea groups is 1. The van der Waals surface area contributed by atoms with Gasteiger partial charge in [-0.15, -0.1) is 0 Å². The highest BCUT2D eigenvalue weighted by Gasteiger charge is 2.07. The van der Waals surface area contributed by atoms with Crippen molar-refractivity contribution in [2.75, 3.05) is 26.1 Å². The fraction of sp³-hybridized carbons (Fsp3) is 0.263. The van der Waals surface area contributed by atoms with Crippen LogP contribution in [0.25, 0.3) is 11.0 Å². The van der Waals surface area contributed by atoms with E-state index in [9.17, 15) is 4.79 Å². The topological polar surface area (TPSA) is 77.4 Å². The second kappa shape index (κ2) is 8.24. The summed E-state index contributed by atoms with van der Waals surface area (Å²) in [6, 6.07) is 11.0. The predicted molar refractivity (Wildman–Crippen MR) is 101 cm³/mol. The van der Waals surface area contributed by atoms with Gasteiger partial charge >= 0.3 is 6.03 Å². The van der Waals surface area contributed by atoms with Crippen LogP contribution in [0, 0.1) is 0 Å². The zero-order valence-corrected chi connectivity index (χ0v) is 14.9. The van der Waals surface area contributed by atoms with Crippen LogP contribution in [0.1, 0.15) is 6.42 Å². The number of methoxy groups -OCH3 is 2. The molecule has 0 aliphatic carbocycles. The number of amides is 2. The van der Waals surface area contributed by atoms with E-state index in [4.69, 9.17) is 9.47 Å². The Balaban J connectivity index is 1.47. The van der Waals surface area contributed by atoms with E-state index in [0.29, 0.717) is 23.7 Å². The van der Waals surface area contributed by atoms with Crippen LogP contribution in [0.4, 0.5) is 10.5 Å². The number of fused-ring (bicyclic) bond motifs is 1. The molecular weight excluding hydrogens is 332 g/mol. The number of hydrogen-bond donors (Lipinski definition) is 2. The minimum atomic E-state index is -0.257. The van der Waals surface area contributed by atoms with E-state index in [1.54, 1.807) is 38.6 Å². The number of rotatable bonds is 7. The molecule has 7 heteroatoms. The number of carbonyl (C=O) groups is 1. The Morgan fingerprint density at radius 3 is 2.81 bits per heavy atom. The fourth-order valence-corrected chi connectivity index (χ4v) is 2.74. The molecule has 3 rings (SSSR count). The molecule has 1 aromatic carbocycles. The molecular formula is C19H22N4O3. The van der Waals surface area contributed by atoms with Gasteiger partial charge in [-0.1, -0.05) is 0 Å². The predicted octanol–water partition coefficient (Wildman–Crippen LogP) is 3.27. The lowest BCUT2D eigenvalue weighted by Gasteiger charge is -2.11. The van der Waals surface area contributed by atoms with Crippen molar-refractivity contribution in [1.82, 2.24) is 14.9 Å². The molecule has 2 aromatic heterocycles. The summed E-state index contributed by atoms with van der Waals surface area (Å²) >= 11 is 0. The molecule has 136 valence electrons. The third-order valence-electron chi connectivity index (χ3n) is 4.03. The van der Waals surface area contributed by atoms with E-state index < -0.39 is 0 Å². The Kier molecular flexibility index (Phi) is 5.58. The van der Waals surface area contributed by atoms with Crippen LogP contribution < -0.4 is 20.1 Å². The van der Waals surface area contributed by atoms with Crippen LogP contribution in [-0.4, -0.2) is 36.3 Å². The first-order valence-electron chi connectivity index (χ1n) is 8.38. The Hall–Kier alpha value is -3.22. The lowest BCUT2D eigenvalue weighted by atomic mass is 10.3. The van der Waals surface area contributed by atoms with Crippen molar-refractivity contribution in [1.29, 1.82) is 0 Å². The van der Waals surface area contributed by atoms with Gasteiger partial charge in [0.05, 0.1) is 14.2 Å². The van der Waals surface area contributed by atoms with Crippen molar-refractivity contribution in [3.8, 4) is 11.5 Å². The third-order valence-corrected chi connectivity index (χ3v) is 4.03. The summed E-state index contributed by atoms with van der Waals surface area (Å²) in [5, 5.41) is 6.76. The largest absolute Gasteiger partial charge is 0.493 e. The van der Waals surface area contributed by atoms with Crippen molar-refractivity contribution >= 4 is 22.8 Å². The smallest absolute Gasteiger partial charge is 0.319 e. The van der Waals surface area contributed by atoms with Crippen LogP contribution in [-0.2, 0) is 6.54 Å². The van der Waals surface area contributed by atoms with Crippen molar-refractivity contribution in [3.05, 3.63) is 48.8 Å². The Morgan fingerprint density at radius 1 is 1.15 bits per heavy atom. The minimum Gasteiger partial charge on any atom is -0.493 e. The van der Waals surface area contributed by atoms with Gasteiger partial charge < -0.3 is 24.7 Å². The highest BCUT2D eigenvalue weighted by molar-refractivity contribution is 5.89. The zero-order chi connectivity index (χ0) is 18.4. The van der Waals surface area contributed by atoms with Crippen molar-refractivity contribution in [2.45, 2.75) is 13.0 Å². The molecule has 0 radical (unpaired) electrons. The van der Waals surface area contributed by atoms with E-state index in [1.165, 1.54) is 0 Å². The number of pyridine rings is 1. The van der Waals surface area contributed by atoms with E-state index in [-0.39, 0.29) is 6.03 Å². The van der Waals surface area contributed by atoms with Crippen molar-refractivity contribution in [3.63, 3.8) is 0 Å². The second-order valence-electron chi connectivity index (χ2n) is 5.73. The quantitative estimate of drug-likeness (QED) is 0.639. The molecule has 0 saturated heterocycles. The van der Waals surface area contributed by atoms with Gasteiger partial charge in [0.2, 0.25) is 0 Å². The summed E-state index contributed by atoms with van der Waals surface area (Å²) in [6.07, 6.45) is 4.61.